The molecule has 1 N–H and O–H groups in total. The molecule has 0 heterocycles. The summed E-state index contributed by atoms with van der Waals surface area (Å²) in [5.74, 6) is 0.542. The third-order valence-corrected chi connectivity index (χ3v) is 3.21. The second-order valence-corrected chi connectivity index (χ2v) is 5.41. The highest BCUT2D eigenvalue weighted by atomic mass is 127. The third-order valence-electron chi connectivity index (χ3n) is 2.49. The number of carbonyl (C=O) groups excluding carboxylic acids is 1. The van der Waals surface area contributed by atoms with Crippen molar-refractivity contribution < 1.29 is 9.53 Å². The molecule has 2 rings (SSSR count). The molecule has 0 saturated heterocycles. The minimum absolute atomic E-state index is 0.00936. The maximum Gasteiger partial charge on any atom is 0.262 e. The fourth-order valence-corrected chi connectivity index (χ4v) is 1.94. The first kappa shape index (κ1) is 13.9. The van der Waals surface area contributed by atoms with Gasteiger partial charge in [-0.05, 0) is 71.5 Å². The summed E-state index contributed by atoms with van der Waals surface area (Å²) in [7, 11) is 0. The molecule has 0 aromatic heterocycles. The van der Waals surface area contributed by atoms with E-state index in [9.17, 15) is 4.79 Å². The number of hydrogen-bond acceptors (Lipinski definition) is 2. The van der Waals surface area contributed by atoms with Gasteiger partial charge in [0.15, 0.2) is 6.61 Å². The summed E-state index contributed by atoms with van der Waals surface area (Å²) in [6.07, 6.45) is 0. The molecule has 0 radical (unpaired) electrons. The summed E-state index contributed by atoms with van der Waals surface area (Å²) < 4.78 is 6.56. The molecule has 3 nitrogen and oxygen atoms in total. The fourth-order valence-electron chi connectivity index (χ4n) is 1.58. The summed E-state index contributed by atoms with van der Waals surface area (Å²) in [5.41, 5.74) is 1.88. The Morgan fingerprint density at radius 2 is 1.95 bits per heavy atom. The standard InChI is InChI=1S/C15H14INO2/c1-11-3-2-4-14(9-11)19-10-15(18)17-13-7-5-12(16)6-8-13/h2-9H,10H2,1H3,(H,17,18). The molecule has 98 valence electrons. The summed E-state index contributed by atoms with van der Waals surface area (Å²) >= 11 is 2.22. The van der Waals surface area contributed by atoms with E-state index in [0.29, 0.717) is 5.75 Å². The first-order chi connectivity index (χ1) is 9.13. The van der Waals surface area contributed by atoms with E-state index in [1.807, 2.05) is 55.5 Å². The summed E-state index contributed by atoms with van der Waals surface area (Å²) in [4.78, 5) is 11.7. The summed E-state index contributed by atoms with van der Waals surface area (Å²) in [6.45, 7) is 1.99. The molecule has 0 spiro atoms. The maximum absolute atomic E-state index is 11.7. The van der Waals surface area contributed by atoms with E-state index < -0.39 is 0 Å². The van der Waals surface area contributed by atoms with Crippen molar-refractivity contribution in [3.63, 3.8) is 0 Å². The Bertz CT molecular complexity index is 567. The van der Waals surface area contributed by atoms with Crippen molar-refractivity contribution in [1.29, 1.82) is 0 Å². The van der Waals surface area contributed by atoms with Crippen LogP contribution in [-0.2, 0) is 4.79 Å². The molecule has 0 aliphatic rings. The smallest absolute Gasteiger partial charge is 0.262 e. The molecule has 19 heavy (non-hydrogen) atoms. The van der Waals surface area contributed by atoms with E-state index in [1.54, 1.807) is 0 Å². The number of nitrogens with one attached hydrogen (secondary N) is 1. The molecule has 0 unspecified atom stereocenters. The largest absolute Gasteiger partial charge is 0.484 e. The molecule has 0 saturated carbocycles. The third kappa shape index (κ3) is 4.55. The van der Waals surface area contributed by atoms with Crippen LogP contribution in [0.4, 0.5) is 5.69 Å². The van der Waals surface area contributed by atoms with E-state index in [4.69, 9.17) is 4.74 Å². The van der Waals surface area contributed by atoms with Crippen molar-refractivity contribution in [2.45, 2.75) is 6.92 Å². The van der Waals surface area contributed by atoms with Crippen molar-refractivity contribution in [2.75, 3.05) is 11.9 Å². The van der Waals surface area contributed by atoms with Crippen molar-refractivity contribution in [1.82, 2.24) is 0 Å². The maximum atomic E-state index is 11.7. The number of aryl methyl sites for hydroxylation is 1. The monoisotopic (exact) mass is 367 g/mol. The zero-order valence-corrected chi connectivity index (χ0v) is 12.7. The second-order valence-electron chi connectivity index (χ2n) is 4.16. The van der Waals surface area contributed by atoms with E-state index in [2.05, 4.69) is 27.9 Å². The van der Waals surface area contributed by atoms with Crippen molar-refractivity contribution in [3.05, 3.63) is 57.7 Å². The number of anilines is 1. The summed E-state index contributed by atoms with van der Waals surface area (Å²) in [5, 5.41) is 2.79. The first-order valence-corrected chi connectivity index (χ1v) is 6.96. The van der Waals surface area contributed by atoms with Gasteiger partial charge in [-0.15, -0.1) is 0 Å². The van der Waals surface area contributed by atoms with Crippen LogP contribution in [0, 0.1) is 10.5 Å². The van der Waals surface area contributed by atoms with E-state index in [1.165, 1.54) is 0 Å². The number of halogens is 1. The van der Waals surface area contributed by atoms with Gasteiger partial charge in [0.2, 0.25) is 0 Å². The molecule has 0 aliphatic carbocycles. The predicted octanol–water partition coefficient (Wildman–Crippen LogP) is 3.62. The molecular weight excluding hydrogens is 353 g/mol. The Kier molecular flexibility index (Phi) is 4.79. The second kappa shape index (κ2) is 6.56. The molecule has 2 aromatic carbocycles. The van der Waals surface area contributed by atoms with Crippen LogP contribution in [0.15, 0.2) is 48.5 Å². The zero-order chi connectivity index (χ0) is 13.7. The topological polar surface area (TPSA) is 38.3 Å². The molecule has 0 bridgehead atoms. The van der Waals surface area contributed by atoms with Crippen molar-refractivity contribution >= 4 is 34.2 Å². The molecule has 1 amide bonds. The van der Waals surface area contributed by atoms with Gasteiger partial charge >= 0.3 is 0 Å². The Balaban J connectivity index is 1.86. The van der Waals surface area contributed by atoms with Crippen LogP contribution in [0.5, 0.6) is 5.75 Å². The van der Waals surface area contributed by atoms with E-state index >= 15 is 0 Å². The van der Waals surface area contributed by atoms with Gasteiger partial charge in [-0.25, -0.2) is 0 Å². The van der Waals surface area contributed by atoms with E-state index in [-0.39, 0.29) is 12.5 Å². The molecule has 2 aromatic rings. The first-order valence-electron chi connectivity index (χ1n) is 5.88. The Morgan fingerprint density at radius 1 is 1.21 bits per heavy atom. The molecule has 0 atom stereocenters. The van der Waals surface area contributed by atoms with Gasteiger partial charge in [-0.3, -0.25) is 4.79 Å². The number of amides is 1. The lowest BCUT2D eigenvalue weighted by Gasteiger charge is -2.08. The molecule has 4 heteroatoms. The number of hydrogen-bond donors (Lipinski definition) is 1. The quantitative estimate of drug-likeness (QED) is 0.839. The predicted molar refractivity (Wildman–Crippen MR) is 84.5 cm³/mol. The van der Waals surface area contributed by atoms with Crippen molar-refractivity contribution in [3.8, 4) is 5.75 Å². The lowest BCUT2D eigenvalue weighted by atomic mass is 10.2. The number of ether oxygens (including phenoxy) is 1. The fraction of sp³-hybridized carbons (Fsp3) is 0.133. The van der Waals surface area contributed by atoms with Crippen LogP contribution >= 0.6 is 22.6 Å². The van der Waals surface area contributed by atoms with Crippen LogP contribution in [0.25, 0.3) is 0 Å². The number of carbonyl (C=O) groups is 1. The van der Waals surface area contributed by atoms with Crippen molar-refractivity contribution in [2.24, 2.45) is 0 Å². The average molecular weight is 367 g/mol. The van der Waals surface area contributed by atoms with Gasteiger partial charge < -0.3 is 10.1 Å². The molecule has 0 fully saturated rings. The van der Waals surface area contributed by atoms with Gasteiger partial charge in [-0.1, -0.05) is 12.1 Å². The Labute approximate surface area is 126 Å². The van der Waals surface area contributed by atoms with Crippen LogP contribution in [0.1, 0.15) is 5.56 Å². The van der Waals surface area contributed by atoms with Gasteiger partial charge in [-0.2, -0.15) is 0 Å². The Hall–Kier alpha value is -1.56. The van der Waals surface area contributed by atoms with E-state index in [0.717, 1.165) is 14.8 Å². The zero-order valence-electron chi connectivity index (χ0n) is 10.5. The highest BCUT2D eigenvalue weighted by molar-refractivity contribution is 14.1. The van der Waals surface area contributed by atoms with Gasteiger partial charge in [0.25, 0.3) is 5.91 Å². The summed E-state index contributed by atoms with van der Waals surface area (Å²) in [6, 6.07) is 15.2. The SMILES string of the molecule is Cc1cccc(OCC(=O)Nc2ccc(I)cc2)c1. The van der Waals surface area contributed by atoms with Crippen LogP contribution in [0.3, 0.4) is 0 Å². The van der Waals surface area contributed by atoms with Crippen LogP contribution in [0.2, 0.25) is 0 Å². The average Bonchev–Trinajstić information content (AvgIpc) is 2.39. The number of rotatable bonds is 4. The highest BCUT2D eigenvalue weighted by Crippen LogP contribution is 2.13. The van der Waals surface area contributed by atoms with Crippen LogP contribution < -0.4 is 10.1 Å². The minimum Gasteiger partial charge on any atom is -0.484 e. The van der Waals surface area contributed by atoms with Gasteiger partial charge in [0.05, 0.1) is 0 Å². The molecule has 0 aliphatic heterocycles. The Morgan fingerprint density at radius 3 is 2.63 bits per heavy atom. The van der Waals surface area contributed by atoms with Gasteiger partial charge in [0, 0.05) is 9.26 Å². The van der Waals surface area contributed by atoms with Crippen LogP contribution in [-0.4, -0.2) is 12.5 Å². The minimum atomic E-state index is -0.164. The molecular formula is C15H14INO2. The van der Waals surface area contributed by atoms with Gasteiger partial charge in [0.1, 0.15) is 5.75 Å². The lowest BCUT2D eigenvalue weighted by Crippen LogP contribution is -2.20. The number of benzene rings is 2. The lowest BCUT2D eigenvalue weighted by molar-refractivity contribution is -0.118. The normalized spacial score (nSPS) is 10.0. The highest BCUT2D eigenvalue weighted by Gasteiger charge is 2.03.